The van der Waals surface area contributed by atoms with Crippen molar-refractivity contribution in [3.8, 4) is 17.2 Å². The molecule has 1 aliphatic rings. The molecule has 1 aliphatic carbocycles. The van der Waals surface area contributed by atoms with E-state index in [-0.39, 0.29) is 12.0 Å². The minimum absolute atomic E-state index is 0.227. The molecule has 1 amide bonds. The number of carbonyl (C=O) groups excluding carboxylic acids is 1. The molecular formula is C23H25N3O4S. The molecule has 0 spiro atoms. The van der Waals surface area contributed by atoms with E-state index in [1.165, 1.54) is 18.4 Å². The van der Waals surface area contributed by atoms with E-state index < -0.39 is 0 Å². The first kappa shape index (κ1) is 21.1. The molecule has 1 heterocycles. The summed E-state index contributed by atoms with van der Waals surface area (Å²) in [5.41, 5.74) is 1.45. The molecule has 8 heteroatoms. The number of rotatable bonds is 9. The summed E-state index contributed by atoms with van der Waals surface area (Å²) in [6.07, 6.45) is 7.14. The maximum atomic E-state index is 12.8. The number of hydrogen-bond donors (Lipinski definition) is 1. The van der Waals surface area contributed by atoms with Gasteiger partial charge in [-0.1, -0.05) is 12.1 Å². The normalized spacial score (nSPS) is 13.4. The van der Waals surface area contributed by atoms with E-state index in [2.05, 4.69) is 9.82 Å². The lowest BCUT2D eigenvalue weighted by Gasteiger charge is -2.27. The smallest absolute Gasteiger partial charge is 0.261 e. The quantitative estimate of drug-likeness (QED) is 0.501. The Labute approximate surface area is 185 Å². The van der Waals surface area contributed by atoms with Crippen LogP contribution < -0.4 is 18.9 Å². The highest BCUT2D eigenvalue weighted by molar-refractivity contribution is 7.98. The topological polar surface area (TPSA) is 74.6 Å². The van der Waals surface area contributed by atoms with Crippen LogP contribution in [0.5, 0.6) is 17.2 Å². The standard InChI is InChI=1S/C23H25N3O4S/c1-28-19-8-4-9-20(30-18-6-3-7-18)22(19)31-25-23(27)16-10-11-17(21(14-16)29-2)15-26-13-5-12-24-26/h4-5,8-14,18H,3,6-7,15H2,1-2H3,(H,25,27). The Bertz CT molecular complexity index is 1040. The summed E-state index contributed by atoms with van der Waals surface area (Å²) < 4.78 is 21.8. The molecule has 2 aromatic carbocycles. The van der Waals surface area contributed by atoms with Gasteiger partial charge in [0.05, 0.1) is 26.9 Å². The van der Waals surface area contributed by atoms with Crippen LogP contribution in [0.4, 0.5) is 0 Å². The molecular weight excluding hydrogens is 414 g/mol. The second kappa shape index (κ2) is 9.78. The average molecular weight is 440 g/mol. The largest absolute Gasteiger partial charge is 0.496 e. The van der Waals surface area contributed by atoms with Crippen molar-refractivity contribution in [3.05, 3.63) is 66.0 Å². The van der Waals surface area contributed by atoms with Crippen molar-refractivity contribution >= 4 is 17.9 Å². The predicted octanol–water partition coefficient (Wildman–Crippen LogP) is 4.32. The molecule has 1 fully saturated rings. The summed E-state index contributed by atoms with van der Waals surface area (Å²) in [4.78, 5) is 13.6. The van der Waals surface area contributed by atoms with Crippen LogP contribution in [0.25, 0.3) is 0 Å². The number of nitrogens with zero attached hydrogens (tertiary/aromatic N) is 2. The van der Waals surface area contributed by atoms with Gasteiger partial charge in [0.1, 0.15) is 22.1 Å². The fourth-order valence-corrected chi connectivity index (χ4v) is 4.04. The molecule has 1 aromatic heterocycles. The van der Waals surface area contributed by atoms with Gasteiger partial charge in [0.2, 0.25) is 0 Å². The van der Waals surface area contributed by atoms with Crippen LogP contribution in [0.15, 0.2) is 59.8 Å². The Morgan fingerprint density at radius 3 is 2.61 bits per heavy atom. The summed E-state index contributed by atoms with van der Waals surface area (Å²) in [5.74, 6) is 1.80. The summed E-state index contributed by atoms with van der Waals surface area (Å²) in [6.45, 7) is 0.565. The number of ether oxygens (including phenoxy) is 3. The highest BCUT2D eigenvalue weighted by atomic mass is 32.2. The van der Waals surface area contributed by atoms with E-state index in [4.69, 9.17) is 14.2 Å². The fourth-order valence-electron chi connectivity index (χ4n) is 3.26. The average Bonchev–Trinajstić information content (AvgIpc) is 3.28. The Hall–Kier alpha value is -3.13. The second-order valence-electron chi connectivity index (χ2n) is 7.22. The number of benzene rings is 2. The van der Waals surface area contributed by atoms with Gasteiger partial charge in [-0.05, 0) is 61.5 Å². The van der Waals surface area contributed by atoms with Crippen molar-refractivity contribution < 1.29 is 19.0 Å². The maximum absolute atomic E-state index is 12.8. The van der Waals surface area contributed by atoms with Crippen LogP contribution >= 0.6 is 11.9 Å². The Morgan fingerprint density at radius 1 is 1.13 bits per heavy atom. The predicted molar refractivity (Wildman–Crippen MR) is 119 cm³/mol. The van der Waals surface area contributed by atoms with Gasteiger partial charge in [-0.3, -0.25) is 14.2 Å². The first-order valence-electron chi connectivity index (χ1n) is 10.1. The Balaban J connectivity index is 1.47. The number of methoxy groups -OCH3 is 2. The van der Waals surface area contributed by atoms with E-state index in [0.29, 0.717) is 23.6 Å². The van der Waals surface area contributed by atoms with Crippen LogP contribution in [-0.4, -0.2) is 36.0 Å². The van der Waals surface area contributed by atoms with Crippen molar-refractivity contribution in [1.82, 2.24) is 14.5 Å². The minimum atomic E-state index is -0.227. The molecule has 1 N–H and O–H groups in total. The number of hydrogen-bond acceptors (Lipinski definition) is 6. The van der Waals surface area contributed by atoms with Crippen molar-refractivity contribution in [2.24, 2.45) is 0 Å². The molecule has 1 saturated carbocycles. The van der Waals surface area contributed by atoms with E-state index in [1.54, 1.807) is 37.2 Å². The van der Waals surface area contributed by atoms with Gasteiger partial charge >= 0.3 is 0 Å². The number of nitrogens with one attached hydrogen (secondary N) is 1. The van der Waals surface area contributed by atoms with Gasteiger partial charge in [-0.2, -0.15) is 5.10 Å². The zero-order chi connectivity index (χ0) is 21.6. The molecule has 3 aromatic rings. The van der Waals surface area contributed by atoms with E-state index in [9.17, 15) is 4.79 Å². The summed E-state index contributed by atoms with van der Waals surface area (Å²) in [7, 11) is 3.20. The van der Waals surface area contributed by atoms with Crippen molar-refractivity contribution in [1.29, 1.82) is 0 Å². The molecule has 0 radical (unpaired) electrons. The highest BCUT2D eigenvalue weighted by Gasteiger charge is 2.22. The van der Waals surface area contributed by atoms with Crippen LogP contribution in [-0.2, 0) is 6.54 Å². The van der Waals surface area contributed by atoms with Gasteiger partial charge < -0.3 is 14.2 Å². The van der Waals surface area contributed by atoms with Crippen molar-refractivity contribution in [3.63, 3.8) is 0 Å². The Morgan fingerprint density at radius 2 is 1.94 bits per heavy atom. The maximum Gasteiger partial charge on any atom is 0.261 e. The molecule has 0 bridgehead atoms. The van der Waals surface area contributed by atoms with Crippen molar-refractivity contribution in [2.45, 2.75) is 36.8 Å². The zero-order valence-electron chi connectivity index (χ0n) is 17.5. The van der Waals surface area contributed by atoms with Gasteiger partial charge in [0.25, 0.3) is 5.91 Å². The van der Waals surface area contributed by atoms with Gasteiger partial charge in [0.15, 0.2) is 0 Å². The van der Waals surface area contributed by atoms with Crippen molar-refractivity contribution in [2.75, 3.05) is 14.2 Å². The zero-order valence-corrected chi connectivity index (χ0v) is 18.4. The molecule has 0 aliphatic heterocycles. The van der Waals surface area contributed by atoms with Crippen LogP contribution in [0.2, 0.25) is 0 Å². The molecule has 0 atom stereocenters. The van der Waals surface area contributed by atoms with Crippen LogP contribution in [0, 0.1) is 0 Å². The highest BCUT2D eigenvalue weighted by Crippen LogP contribution is 2.38. The van der Waals surface area contributed by atoms with E-state index in [0.717, 1.165) is 29.1 Å². The minimum Gasteiger partial charge on any atom is -0.496 e. The molecule has 4 rings (SSSR count). The monoisotopic (exact) mass is 439 g/mol. The SMILES string of the molecule is COc1cc(C(=O)NSc2c(OC)cccc2OC2CCC2)ccc1Cn1cccn1. The first-order valence-corrected chi connectivity index (χ1v) is 10.9. The lowest BCUT2D eigenvalue weighted by Crippen LogP contribution is -2.25. The lowest BCUT2D eigenvalue weighted by atomic mass is 9.96. The molecule has 162 valence electrons. The molecule has 0 unspecified atom stereocenters. The van der Waals surface area contributed by atoms with Crippen LogP contribution in [0.1, 0.15) is 35.2 Å². The first-order chi connectivity index (χ1) is 15.2. The number of amides is 1. The van der Waals surface area contributed by atoms with Gasteiger partial charge in [0, 0.05) is 23.5 Å². The summed E-state index contributed by atoms with van der Waals surface area (Å²) >= 11 is 1.19. The van der Waals surface area contributed by atoms with Gasteiger partial charge in [-0.25, -0.2) is 0 Å². The number of aromatic nitrogens is 2. The third-order valence-corrected chi connectivity index (χ3v) is 6.09. The summed E-state index contributed by atoms with van der Waals surface area (Å²) in [6, 6.07) is 12.9. The van der Waals surface area contributed by atoms with E-state index >= 15 is 0 Å². The third kappa shape index (κ3) is 4.96. The Kier molecular flexibility index (Phi) is 6.66. The second-order valence-corrected chi connectivity index (χ2v) is 8.04. The van der Waals surface area contributed by atoms with E-state index in [1.807, 2.05) is 36.5 Å². The number of carbonyl (C=O) groups is 1. The fraction of sp³-hybridized carbons (Fsp3) is 0.304. The third-order valence-electron chi connectivity index (χ3n) is 5.20. The molecule has 0 saturated heterocycles. The van der Waals surface area contributed by atoms with Crippen LogP contribution in [0.3, 0.4) is 0 Å². The lowest BCUT2D eigenvalue weighted by molar-refractivity contribution is 0.0984. The summed E-state index contributed by atoms with van der Waals surface area (Å²) in [5, 5.41) is 4.22. The molecule has 7 nitrogen and oxygen atoms in total. The molecule has 31 heavy (non-hydrogen) atoms. The van der Waals surface area contributed by atoms with Gasteiger partial charge in [-0.15, -0.1) is 0 Å².